The Labute approximate surface area is 142 Å². The van der Waals surface area contributed by atoms with Crippen molar-refractivity contribution in [2.75, 3.05) is 6.61 Å². The lowest BCUT2D eigenvalue weighted by Crippen LogP contribution is -2.25. The zero-order valence-corrected chi connectivity index (χ0v) is 14.7. The second-order valence-electron chi connectivity index (χ2n) is 6.20. The summed E-state index contributed by atoms with van der Waals surface area (Å²) < 4.78 is 20.0. The number of aliphatic imine (C=N–C) groups is 1. The number of rotatable bonds is 4. The molecule has 3 nitrogen and oxygen atoms in total. The third-order valence-corrected chi connectivity index (χ3v) is 4.38. The van der Waals surface area contributed by atoms with Gasteiger partial charge in [-0.2, -0.15) is 0 Å². The lowest BCUT2D eigenvalue weighted by atomic mass is 9.85. The van der Waals surface area contributed by atoms with Crippen molar-refractivity contribution < 1.29 is 13.9 Å². The fourth-order valence-corrected chi connectivity index (χ4v) is 3.17. The van der Waals surface area contributed by atoms with Crippen LogP contribution >= 0.6 is 0 Å². The minimum absolute atomic E-state index is 0.128. The molecule has 1 atom stereocenters. The van der Waals surface area contributed by atoms with E-state index in [-0.39, 0.29) is 11.5 Å². The van der Waals surface area contributed by atoms with E-state index in [2.05, 4.69) is 25.4 Å². The van der Waals surface area contributed by atoms with Crippen molar-refractivity contribution in [2.45, 2.75) is 40.0 Å². The molecule has 24 heavy (non-hydrogen) atoms. The van der Waals surface area contributed by atoms with Crippen molar-refractivity contribution >= 4 is 11.5 Å². The van der Waals surface area contributed by atoms with Crippen LogP contribution in [0.4, 0.5) is 4.39 Å². The van der Waals surface area contributed by atoms with Crippen molar-refractivity contribution in [3.63, 3.8) is 0 Å². The molecule has 128 valence electrons. The maximum atomic E-state index is 14.2. The topological polar surface area (TPSA) is 38.7 Å². The molecule has 0 saturated heterocycles. The standard InChI is InChI=1S/C20H24FNO2/c1-6-16(21)19(22-7-2)15-10-11-24-17-9-8-14(12(3)4)13(5)18(17)20(15)23/h6-9,12,15H,2,10-11H2,1,3-5H3/b16-6+,22-19?. The number of hydrogen-bond acceptors (Lipinski definition) is 3. The van der Waals surface area contributed by atoms with Crippen LogP contribution in [0.25, 0.3) is 0 Å². The Balaban J connectivity index is 2.59. The van der Waals surface area contributed by atoms with Crippen LogP contribution in [0.15, 0.2) is 41.8 Å². The fraction of sp³-hybridized carbons (Fsp3) is 0.400. The normalized spacial score (nSPS) is 18.9. The number of fused-ring (bicyclic) bond motifs is 1. The first-order valence-electron chi connectivity index (χ1n) is 8.23. The van der Waals surface area contributed by atoms with Gasteiger partial charge >= 0.3 is 0 Å². The summed E-state index contributed by atoms with van der Waals surface area (Å²) in [5.74, 6) is -0.433. The molecular weight excluding hydrogens is 305 g/mol. The van der Waals surface area contributed by atoms with Crippen LogP contribution in [0.3, 0.4) is 0 Å². The number of nitrogens with zero attached hydrogens (tertiary/aromatic N) is 1. The van der Waals surface area contributed by atoms with Crippen LogP contribution in [-0.4, -0.2) is 18.1 Å². The van der Waals surface area contributed by atoms with Crippen molar-refractivity contribution in [3.05, 3.63) is 53.5 Å². The lowest BCUT2D eigenvalue weighted by Gasteiger charge is -2.18. The second-order valence-corrected chi connectivity index (χ2v) is 6.20. The molecule has 0 amide bonds. The fourth-order valence-electron chi connectivity index (χ4n) is 3.17. The van der Waals surface area contributed by atoms with Gasteiger partial charge in [0.15, 0.2) is 5.78 Å². The van der Waals surface area contributed by atoms with Gasteiger partial charge in [-0.25, -0.2) is 4.39 Å². The molecule has 0 fully saturated rings. The Morgan fingerprint density at radius 1 is 1.46 bits per heavy atom. The van der Waals surface area contributed by atoms with Crippen LogP contribution in [0, 0.1) is 12.8 Å². The first-order chi connectivity index (χ1) is 11.4. The molecule has 0 aromatic heterocycles. The number of carbonyl (C=O) groups excluding carboxylic acids is 1. The zero-order valence-electron chi connectivity index (χ0n) is 14.7. The summed E-state index contributed by atoms with van der Waals surface area (Å²) in [6.07, 6.45) is 2.98. The van der Waals surface area contributed by atoms with Crippen molar-refractivity contribution in [2.24, 2.45) is 10.9 Å². The Kier molecular flexibility index (Phi) is 5.71. The van der Waals surface area contributed by atoms with Crippen LogP contribution in [0.1, 0.15) is 54.6 Å². The highest BCUT2D eigenvalue weighted by molar-refractivity contribution is 6.19. The van der Waals surface area contributed by atoms with Gasteiger partial charge in [-0.05, 0) is 49.5 Å². The highest BCUT2D eigenvalue weighted by Crippen LogP contribution is 2.35. The monoisotopic (exact) mass is 329 g/mol. The second kappa shape index (κ2) is 7.56. The van der Waals surface area contributed by atoms with E-state index in [1.54, 1.807) is 6.92 Å². The van der Waals surface area contributed by atoms with Crippen LogP contribution in [0.2, 0.25) is 0 Å². The minimum Gasteiger partial charge on any atom is -0.493 e. The molecule has 0 bridgehead atoms. The zero-order chi connectivity index (χ0) is 17.9. The van der Waals surface area contributed by atoms with Gasteiger partial charge in [0.1, 0.15) is 11.6 Å². The van der Waals surface area contributed by atoms with Crippen molar-refractivity contribution in [1.29, 1.82) is 0 Å². The highest BCUT2D eigenvalue weighted by atomic mass is 19.1. The number of hydrogen-bond donors (Lipinski definition) is 0. The van der Waals surface area contributed by atoms with E-state index in [1.165, 1.54) is 12.3 Å². The van der Waals surface area contributed by atoms with Crippen molar-refractivity contribution in [1.82, 2.24) is 0 Å². The quantitative estimate of drug-likeness (QED) is 0.716. The van der Waals surface area contributed by atoms with Gasteiger partial charge in [0, 0.05) is 6.20 Å². The molecule has 1 heterocycles. The summed E-state index contributed by atoms with van der Waals surface area (Å²) in [4.78, 5) is 17.2. The summed E-state index contributed by atoms with van der Waals surface area (Å²) >= 11 is 0. The number of carbonyl (C=O) groups is 1. The molecule has 1 aliphatic rings. The first kappa shape index (κ1) is 18.1. The third-order valence-electron chi connectivity index (χ3n) is 4.38. The third kappa shape index (κ3) is 3.32. The molecule has 0 spiro atoms. The summed E-state index contributed by atoms with van der Waals surface area (Å²) in [5.41, 5.74) is 2.67. The molecule has 1 aromatic carbocycles. The maximum Gasteiger partial charge on any atom is 0.176 e. The Bertz CT molecular complexity index is 717. The predicted octanol–water partition coefficient (Wildman–Crippen LogP) is 5.16. The number of ether oxygens (including phenoxy) is 1. The Morgan fingerprint density at radius 2 is 2.17 bits per heavy atom. The van der Waals surface area contributed by atoms with E-state index in [4.69, 9.17) is 4.74 Å². The largest absolute Gasteiger partial charge is 0.493 e. The first-order valence-corrected chi connectivity index (χ1v) is 8.23. The van der Waals surface area contributed by atoms with E-state index in [9.17, 15) is 9.18 Å². The van der Waals surface area contributed by atoms with Gasteiger partial charge < -0.3 is 4.74 Å². The van der Waals surface area contributed by atoms with E-state index in [1.807, 2.05) is 19.1 Å². The molecule has 0 aliphatic carbocycles. The molecule has 2 rings (SSSR count). The number of halogens is 1. The molecule has 1 aromatic rings. The molecule has 4 heteroatoms. The van der Waals surface area contributed by atoms with E-state index in [0.29, 0.717) is 30.3 Å². The van der Waals surface area contributed by atoms with E-state index >= 15 is 0 Å². The van der Waals surface area contributed by atoms with Gasteiger partial charge in [-0.15, -0.1) is 0 Å². The summed E-state index contributed by atoms with van der Waals surface area (Å²) in [5, 5.41) is 0. The van der Waals surface area contributed by atoms with Crippen LogP contribution in [-0.2, 0) is 0 Å². The van der Waals surface area contributed by atoms with Gasteiger partial charge in [0.2, 0.25) is 0 Å². The minimum atomic E-state index is -0.665. The van der Waals surface area contributed by atoms with Gasteiger partial charge in [0.05, 0.1) is 23.8 Å². The van der Waals surface area contributed by atoms with Gasteiger partial charge in [-0.3, -0.25) is 9.79 Å². The number of allylic oxidation sites excluding steroid dienone is 2. The molecule has 0 N–H and O–H groups in total. The lowest BCUT2D eigenvalue weighted by molar-refractivity contribution is 0.0951. The molecule has 0 saturated carbocycles. The summed E-state index contributed by atoms with van der Waals surface area (Å²) in [6, 6.07) is 3.84. The average Bonchev–Trinajstić information content (AvgIpc) is 2.71. The Morgan fingerprint density at radius 3 is 2.75 bits per heavy atom. The number of ketones is 1. The van der Waals surface area contributed by atoms with Crippen LogP contribution < -0.4 is 4.74 Å². The average molecular weight is 329 g/mol. The van der Waals surface area contributed by atoms with Gasteiger partial charge in [-0.1, -0.05) is 26.5 Å². The SMILES string of the molecule is C=CN=C(/C(F)=C\C)C1CCOc2ccc(C(C)C)c(C)c2C1=O. The molecule has 1 aliphatic heterocycles. The van der Waals surface area contributed by atoms with Gasteiger partial charge in [0.25, 0.3) is 0 Å². The molecular formula is C20H24FNO2. The summed E-state index contributed by atoms with van der Waals surface area (Å²) in [7, 11) is 0. The van der Waals surface area contributed by atoms with E-state index in [0.717, 1.165) is 11.1 Å². The predicted molar refractivity (Wildman–Crippen MR) is 95.7 cm³/mol. The highest BCUT2D eigenvalue weighted by Gasteiger charge is 2.33. The summed E-state index contributed by atoms with van der Waals surface area (Å²) in [6.45, 7) is 11.6. The molecule has 1 unspecified atom stereocenters. The number of Topliss-reactive ketones (excluding diaryl/α,β-unsaturated/α-hetero) is 1. The smallest absolute Gasteiger partial charge is 0.176 e. The van der Waals surface area contributed by atoms with Crippen LogP contribution in [0.5, 0.6) is 5.75 Å². The Hall–Kier alpha value is -2.23. The van der Waals surface area contributed by atoms with E-state index < -0.39 is 11.7 Å². The number of benzene rings is 1. The molecule has 0 radical (unpaired) electrons. The van der Waals surface area contributed by atoms with Crippen molar-refractivity contribution in [3.8, 4) is 5.75 Å². The maximum absolute atomic E-state index is 14.2.